The van der Waals surface area contributed by atoms with Gasteiger partial charge < -0.3 is 15.1 Å². The van der Waals surface area contributed by atoms with Crippen molar-refractivity contribution in [1.29, 1.82) is 0 Å². The van der Waals surface area contributed by atoms with Gasteiger partial charge in [0.1, 0.15) is 17.2 Å². The Kier molecular flexibility index (Phi) is 5.84. The van der Waals surface area contributed by atoms with Crippen LogP contribution >= 0.6 is 0 Å². The molecule has 2 amide bonds. The zero-order chi connectivity index (χ0) is 19.1. The molecule has 27 heavy (non-hydrogen) atoms. The van der Waals surface area contributed by atoms with Crippen LogP contribution in [0.1, 0.15) is 27.4 Å². The lowest BCUT2D eigenvalue weighted by Gasteiger charge is -2.11. The van der Waals surface area contributed by atoms with E-state index in [0.717, 1.165) is 11.3 Å². The van der Waals surface area contributed by atoms with Crippen LogP contribution in [0, 0.1) is 6.92 Å². The highest BCUT2D eigenvalue weighted by molar-refractivity contribution is 6.05. The second-order valence-corrected chi connectivity index (χ2v) is 5.99. The summed E-state index contributed by atoms with van der Waals surface area (Å²) >= 11 is 0. The van der Waals surface area contributed by atoms with Gasteiger partial charge in [-0.1, -0.05) is 48.5 Å². The summed E-state index contributed by atoms with van der Waals surface area (Å²) in [7, 11) is 0. The lowest BCUT2D eigenvalue weighted by Crippen LogP contribution is -2.34. The summed E-state index contributed by atoms with van der Waals surface area (Å²) in [5, 5.41) is 5.50. The molecule has 0 radical (unpaired) electrons. The molecule has 2 N–H and O–H groups in total. The Morgan fingerprint density at radius 2 is 1.59 bits per heavy atom. The molecule has 0 saturated heterocycles. The van der Waals surface area contributed by atoms with Gasteiger partial charge in [0, 0.05) is 18.2 Å². The van der Waals surface area contributed by atoms with Crippen molar-refractivity contribution < 1.29 is 14.0 Å². The number of hydrogen-bond donors (Lipinski definition) is 2. The van der Waals surface area contributed by atoms with Crippen LogP contribution in [0.2, 0.25) is 0 Å². The van der Waals surface area contributed by atoms with Gasteiger partial charge in [0.2, 0.25) is 0 Å². The lowest BCUT2D eigenvalue weighted by molar-refractivity contribution is -0.117. The van der Waals surface area contributed by atoms with Gasteiger partial charge in [-0.3, -0.25) is 9.59 Å². The van der Waals surface area contributed by atoms with E-state index in [-0.39, 0.29) is 11.6 Å². The molecule has 0 bridgehead atoms. The minimum Gasteiger partial charge on any atom is -0.462 e. The van der Waals surface area contributed by atoms with Crippen LogP contribution in [0.5, 0.6) is 0 Å². The largest absolute Gasteiger partial charge is 0.462 e. The molecule has 0 fully saturated rings. The van der Waals surface area contributed by atoms with Crippen LogP contribution < -0.4 is 10.6 Å². The Hall–Kier alpha value is -3.60. The number of carbonyl (C=O) groups is 2. The first kappa shape index (κ1) is 18.2. The third-order valence-electron chi connectivity index (χ3n) is 3.87. The van der Waals surface area contributed by atoms with Gasteiger partial charge in [-0.2, -0.15) is 0 Å². The maximum Gasteiger partial charge on any atom is 0.268 e. The molecule has 0 aliphatic heterocycles. The number of amides is 2. The van der Waals surface area contributed by atoms with E-state index < -0.39 is 5.91 Å². The van der Waals surface area contributed by atoms with Crippen LogP contribution in [0.4, 0.5) is 0 Å². The van der Waals surface area contributed by atoms with E-state index in [4.69, 9.17) is 4.42 Å². The first-order chi connectivity index (χ1) is 13.1. The molecule has 0 aliphatic carbocycles. The van der Waals surface area contributed by atoms with Crippen LogP contribution in [0.3, 0.4) is 0 Å². The molecule has 136 valence electrons. The number of nitrogens with one attached hydrogen (secondary N) is 2. The second-order valence-electron chi connectivity index (χ2n) is 5.99. The zero-order valence-electron chi connectivity index (χ0n) is 14.9. The summed E-state index contributed by atoms with van der Waals surface area (Å²) in [6.07, 6.45) is 1.52. The quantitative estimate of drug-likeness (QED) is 0.659. The fourth-order valence-corrected chi connectivity index (χ4v) is 2.49. The van der Waals surface area contributed by atoms with Gasteiger partial charge in [0.25, 0.3) is 11.8 Å². The number of rotatable bonds is 6. The summed E-state index contributed by atoms with van der Waals surface area (Å²) in [6.45, 7) is 2.17. The summed E-state index contributed by atoms with van der Waals surface area (Å²) in [4.78, 5) is 25.1. The van der Waals surface area contributed by atoms with E-state index in [1.165, 1.54) is 6.08 Å². The molecule has 1 aromatic heterocycles. The highest BCUT2D eigenvalue weighted by Gasteiger charge is 2.15. The first-order valence-corrected chi connectivity index (χ1v) is 8.58. The molecule has 5 heteroatoms. The monoisotopic (exact) mass is 360 g/mol. The molecule has 0 unspecified atom stereocenters. The van der Waals surface area contributed by atoms with Crippen molar-refractivity contribution in [2.24, 2.45) is 0 Å². The number of hydrogen-bond acceptors (Lipinski definition) is 3. The summed E-state index contributed by atoms with van der Waals surface area (Å²) in [5.74, 6) is 0.461. The molecule has 0 aliphatic rings. The van der Waals surface area contributed by atoms with Crippen molar-refractivity contribution in [3.63, 3.8) is 0 Å². The average molecular weight is 360 g/mol. The Morgan fingerprint density at radius 3 is 2.22 bits per heavy atom. The molecule has 0 spiro atoms. The molecule has 0 saturated carbocycles. The topological polar surface area (TPSA) is 71.3 Å². The van der Waals surface area contributed by atoms with Crippen LogP contribution in [-0.4, -0.2) is 11.8 Å². The van der Waals surface area contributed by atoms with Crippen molar-refractivity contribution in [3.8, 4) is 0 Å². The van der Waals surface area contributed by atoms with E-state index >= 15 is 0 Å². The van der Waals surface area contributed by atoms with E-state index in [1.807, 2.05) is 43.3 Å². The average Bonchev–Trinajstić information content (AvgIpc) is 3.11. The van der Waals surface area contributed by atoms with Gasteiger partial charge in [-0.25, -0.2) is 0 Å². The van der Waals surface area contributed by atoms with E-state index in [9.17, 15) is 9.59 Å². The standard InChI is InChI=1S/C22H20N2O3/c1-16-12-13-19(27-16)14-20(24-21(25)18-10-6-3-7-11-18)22(26)23-15-17-8-4-2-5-9-17/h2-14H,15H2,1H3,(H,23,26)(H,24,25). The summed E-state index contributed by atoms with van der Waals surface area (Å²) in [6, 6.07) is 21.8. The molecule has 2 aromatic carbocycles. The highest BCUT2D eigenvalue weighted by Crippen LogP contribution is 2.11. The number of furan rings is 1. The van der Waals surface area contributed by atoms with Gasteiger partial charge in [-0.05, 0) is 36.8 Å². The van der Waals surface area contributed by atoms with Crippen LogP contribution in [0.25, 0.3) is 6.08 Å². The van der Waals surface area contributed by atoms with Crippen molar-refractivity contribution in [1.82, 2.24) is 10.6 Å². The van der Waals surface area contributed by atoms with Crippen LogP contribution in [0.15, 0.2) is 82.9 Å². The number of benzene rings is 2. The Balaban J connectivity index is 1.77. The third kappa shape index (κ3) is 5.19. The lowest BCUT2D eigenvalue weighted by atomic mass is 10.2. The Bertz CT molecular complexity index is 944. The van der Waals surface area contributed by atoms with Crippen molar-refractivity contribution >= 4 is 17.9 Å². The van der Waals surface area contributed by atoms with Gasteiger partial charge >= 0.3 is 0 Å². The summed E-state index contributed by atoms with van der Waals surface area (Å²) < 4.78 is 5.51. The number of aryl methyl sites for hydroxylation is 1. The molecule has 5 nitrogen and oxygen atoms in total. The van der Waals surface area contributed by atoms with Gasteiger partial charge in [0.15, 0.2) is 0 Å². The van der Waals surface area contributed by atoms with Crippen molar-refractivity contribution in [2.45, 2.75) is 13.5 Å². The molecular weight excluding hydrogens is 340 g/mol. The minimum atomic E-state index is -0.391. The maximum atomic E-state index is 12.7. The molecule has 3 aromatic rings. The normalized spacial score (nSPS) is 11.1. The van der Waals surface area contributed by atoms with Crippen molar-refractivity contribution in [2.75, 3.05) is 0 Å². The molecular formula is C22H20N2O3. The Morgan fingerprint density at radius 1 is 0.926 bits per heavy atom. The van der Waals surface area contributed by atoms with Gasteiger partial charge in [0.05, 0.1) is 0 Å². The molecule has 3 rings (SSSR count). The predicted molar refractivity (Wildman–Crippen MR) is 104 cm³/mol. The van der Waals surface area contributed by atoms with Crippen molar-refractivity contribution in [3.05, 3.63) is 101 Å². The van der Waals surface area contributed by atoms with E-state index in [1.54, 1.807) is 36.4 Å². The maximum absolute atomic E-state index is 12.7. The SMILES string of the molecule is Cc1ccc(C=C(NC(=O)c2ccccc2)C(=O)NCc2ccccc2)o1. The fourth-order valence-electron chi connectivity index (χ4n) is 2.49. The smallest absolute Gasteiger partial charge is 0.268 e. The first-order valence-electron chi connectivity index (χ1n) is 8.58. The summed E-state index contributed by atoms with van der Waals surface area (Å²) in [5.41, 5.74) is 1.55. The predicted octanol–water partition coefficient (Wildman–Crippen LogP) is 3.68. The number of carbonyl (C=O) groups excluding carboxylic acids is 2. The fraction of sp³-hybridized carbons (Fsp3) is 0.0909. The van der Waals surface area contributed by atoms with Gasteiger partial charge in [-0.15, -0.1) is 0 Å². The van der Waals surface area contributed by atoms with Crippen LogP contribution in [-0.2, 0) is 11.3 Å². The molecule has 1 heterocycles. The highest BCUT2D eigenvalue weighted by atomic mass is 16.3. The Labute approximate surface area is 157 Å². The third-order valence-corrected chi connectivity index (χ3v) is 3.87. The van der Waals surface area contributed by atoms with E-state index in [2.05, 4.69) is 10.6 Å². The zero-order valence-corrected chi connectivity index (χ0v) is 14.9. The second kappa shape index (κ2) is 8.67. The molecule has 0 atom stereocenters. The minimum absolute atomic E-state index is 0.120. The van der Waals surface area contributed by atoms with E-state index in [0.29, 0.717) is 17.9 Å².